The molecule has 23 heavy (non-hydrogen) atoms. The third kappa shape index (κ3) is 4.65. The van der Waals surface area contributed by atoms with E-state index in [2.05, 4.69) is 25.6 Å². The fourth-order valence-electron chi connectivity index (χ4n) is 1.70. The maximum Gasteiger partial charge on any atom is 0.471 e. The molecule has 2 rings (SSSR count). The van der Waals surface area contributed by atoms with Gasteiger partial charge in [-0.3, -0.25) is 0 Å². The van der Waals surface area contributed by atoms with Crippen LogP contribution in [0.15, 0.2) is 45.8 Å². The summed E-state index contributed by atoms with van der Waals surface area (Å²) in [6.07, 6.45) is -1.58. The maximum absolute atomic E-state index is 12.4. The zero-order valence-corrected chi connectivity index (χ0v) is 13.0. The van der Waals surface area contributed by atoms with E-state index in [4.69, 9.17) is 0 Å². The van der Waals surface area contributed by atoms with E-state index in [1.54, 1.807) is 36.6 Å². The molecule has 5 nitrogen and oxygen atoms in total. The predicted octanol–water partition coefficient (Wildman–Crippen LogP) is 3.54. The van der Waals surface area contributed by atoms with Gasteiger partial charge in [0.25, 0.3) is 0 Å². The van der Waals surface area contributed by atoms with E-state index >= 15 is 0 Å². The number of benzene rings is 1. The number of alkyl halides is 3. The van der Waals surface area contributed by atoms with Crippen molar-refractivity contribution in [2.45, 2.75) is 12.7 Å². The van der Waals surface area contributed by atoms with Gasteiger partial charge in [0, 0.05) is 27.3 Å². The van der Waals surface area contributed by atoms with Crippen LogP contribution in [0.5, 0.6) is 0 Å². The topological polar surface area (TPSA) is 68.3 Å². The fraction of sp³-hybridized carbons (Fsp3) is 0.286. The van der Waals surface area contributed by atoms with Crippen LogP contribution in [0, 0.1) is 0 Å². The van der Waals surface area contributed by atoms with Gasteiger partial charge in [-0.1, -0.05) is 35.5 Å². The Labute approximate surface area is 131 Å². The molecule has 0 aliphatic carbocycles. The molecule has 0 fully saturated rings. The third-order valence-corrected chi connectivity index (χ3v) is 4.36. The van der Waals surface area contributed by atoms with Crippen molar-refractivity contribution in [2.24, 2.45) is 4.36 Å². The molecular formula is C14H14F3N3O2S. The summed E-state index contributed by atoms with van der Waals surface area (Å²) >= 11 is 0. The molecule has 0 aliphatic rings. The molecular weight excluding hydrogens is 331 g/mol. The molecule has 0 radical (unpaired) electrons. The molecule has 1 atom stereocenters. The number of nitrogens with zero attached hydrogens (tertiary/aromatic N) is 3. The minimum absolute atomic E-state index is 0.147. The van der Waals surface area contributed by atoms with Gasteiger partial charge in [0.15, 0.2) is 0 Å². The van der Waals surface area contributed by atoms with Crippen LogP contribution in [0.25, 0.3) is 11.4 Å². The second-order valence-corrected chi connectivity index (χ2v) is 7.33. The number of rotatable bonds is 5. The van der Waals surface area contributed by atoms with Crippen molar-refractivity contribution in [3.63, 3.8) is 0 Å². The number of hydrogen-bond acceptors (Lipinski definition) is 5. The van der Waals surface area contributed by atoms with Crippen molar-refractivity contribution in [3.05, 3.63) is 48.4 Å². The molecule has 124 valence electrons. The van der Waals surface area contributed by atoms with E-state index < -0.39 is 21.8 Å². The van der Waals surface area contributed by atoms with Crippen molar-refractivity contribution < 1.29 is 21.9 Å². The molecule has 0 amide bonds. The van der Waals surface area contributed by atoms with Gasteiger partial charge in [-0.15, -0.1) is 6.58 Å². The van der Waals surface area contributed by atoms with Crippen LogP contribution >= 0.6 is 0 Å². The van der Waals surface area contributed by atoms with Crippen molar-refractivity contribution in [1.82, 2.24) is 10.1 Å². The predicted molar refractivity (Wildman–Crippen MR) is 80.0 cm³/mol. The summed E-state index contributed by atoms with van der Waals surface area (Å²) in [6, 6.07) is 6.43. The molecule has 1 heterocycles. The smallest absolute Gasteiger partial charge is 0.329 e. The summed E-state index contributed by atoms with van der Waals surface area (Å²) in [5.41, 5.74) is 1.16. The van der Waals surface area contributed by atoms with Crippen LogP contribution in [0.3, 0.4) is 0 Å². The molecule has 0 spiro atoms. The van der Waals surface area contributed by atoms with Gasteiger partial charge >= 0.3 is 12.1 Å². The summed E-state index contributed by atoms with van der Waals surface area (Å²) in [7, 11) is -2.31. The van der Waals surface area contributed by atoms with Gasteiger partial charge in [-0.2, -0.15) is 18.2 Å². The maximum atomic E-state index is 12.4. The highest BCUT2D eigenvalue weighted by Gasteiger charge is 2.38. The first kappa shape index (κ1) is 17.2. The quantitative estimate of drug-likeness (QED) is 0.777. The van der Waals surface area contributed by atoms with Gasteiger partial charge in [-0.05, 0) is 5.56 Å². The lowest BCUT2D eigenvalue weighted by molar-refractivity contribution is -0.159. The zero-order valence-electron chi connectivity index (χ0n) is 12.2. The van der Waals surface area contributed by atoms with Crippen LogP contribution < -0.4 is 0 Å². The minimum atomic E-state index is -4.67. The first-order valence-electron chi connectivity index (χ1n) is 6.48. The number of aromatic nitrogens is 2. The van der Waals surface area contributed by atoms with Crippen molar-refractivity contribution in [3.8, 4) is 11.4 Å². The zero-order chi connectivity index (χ0) is 17.1. The average molecular weight is 345 g/mol. The van der Waals surface area contributed by atoms with E-state index in [9.17, 15) is 17.4 Å². The molecule has 0 N–H and O–H groups in total. The molecule has 0 bridgehead atoms. The third-order valence-electron chi connectivity index (χ3n) is 2.83. The Hall–Kier alpha value is -2.16. The van der Waals surface area contributed by atoms with Crippen molar-refractivity contribution in [1.29, 1.82) is 0 Å². The number of hydrogen-bond donors (Lipinski definition) is 0. The second-order valence-electron chi connectivity index (χ2n) is 4.82. The van der Waals surface area contributed by atoms with Crippen molar-refractivity contribution >= 4 is 9.73 Å². The Morgan fingerprint density at radius 3 is 2.52 bits per heavy atom. The SMILES string of the molecule is C=CCS(C)(=O)=NCc1ccc(-c2noc(C(F)(F)F)n2)cc1. The summed E-state index contributed by atoms with van der Waals surface area (Å²) in [5, 5.41) is 3.31. The highest BCUT2D eigenvalue weighted by Crippen LogP contribution is 2.29. The van der Waals surface area contributed by atoms with Crippen LogP contribution in [0.4, 0.5) is 13.2 Å². The molecule has 0 saturated carbocycles. The highest BCUT2D eigenvalue weighted by atomic mass is 32.2. The van der Waals surface area contributed by atoms with Gasteiger partial charge in [0.05, 0.1) is 6.54 Å². The molecule has 0 saturated heterocycles. The fourth-order valence-corrected chi connectivity index (χ4v) is 2.66. The molecule has 1 unspecified atom stereocenters. The Kier molecular flexibility index (Phi) is 4.88. The minimum Gasteiger partial charge on any atom is -0.329 e. The molecule has 1 aromatic carbocycles. The summed E-state index contributed by atoms with van der Waals surface area (Å²) in [4.78, 5) is 3.31. The standard InChI is InChI=1S/C14H14F3N3O2S/c1-3-8-23(2,21)18-9-10-4-6-11(7-5-10)12-19-13(22-20-12)14(15,16)17/h3-7H,1,8-9H2,2H3. The van der Waals surface area contributed by atoms with Gasteiger partial charge in [-0.25, -0.2) is 8.57 Å². The largest absolute Gasteiger partial charge is 0.471 e. The number of halogens is 3. The Balaban J connectivity index is 2.15. The normalized spacial score (nSPS) is 14.3. The van der Waals surface area contributed by atoms with Gasteiger partial charge in [0.1, 0.15) is 0 Å². The van der Waals surface area contributed by atoms with Crippen molar-refractivity contribution in [2.75, 3.05) is 12.0 Å². The summed E-state index contributed by atoms with van der Waals surface area (Å²) < 4.78 is 57.5. The lowest BCUT2D eigenvalue weighted by Crippen LogP contribution is -2.04. The van der Waals surface area contributed by atoms with E-state index in [-0.39, 0.29) is 12.4 Å². The second kappa shape index (κ2) is 6.53. The van der Waals surface area contributed by atoms with E-state index in [0.717, 1.165) is 5.56 Å². The molecule has 2 aromatic rings. The molecule has 0 aliphatic heterocycles. The Bertz CT molecular complexity index is 803. The lowest BCUT2D eigenvalue weighted by Gasteiger charge is -2.02. The van der Waals surface area contributed by atoms with Gasteiger partial charge < -0.3 is 4.52 Å². The average Bonchev–Trinajstić information content (AvgIpc) is 2.96. The van der Waals surface area contributed by atoms with Gasteiger partial charge in [0.2, 0.25) is 5.82 Å². The monoisotopic (exact) mass is 345 g/mol. The summed E-state index contributed by atoms with van der Waals surface area (Å²) in [5.74, 6) is -1.23. The van der Waals surface area contributed by atoms with Crippen LogP contribution in [0.2, 0.25) is 0 Å². The van der Waals surface area contributed by atoms with E-state index in [0.29, 0.717) is 11.3 Å². The van der Waals surface area contributed by atoms with E-state index in [1.165, 1.54) is 0 Å². The first-order valence-corrected chi connectivity index (χ1v) is 8.57. The Morgan fingerprint density at radius 2 is 2.00 bits per heavy atom. The lowest BCUT2D eigenvalue weighted by atomic mass is 10.1. The molecule has 1 aromatic heterocycles. The first-order chi connectivity index (χ1) is 10.7. The van der Waals surface area contributed by atoms with Crippen LogP contribution in [-0.2, 0) is 22.5 Å². The molecule has 9 heteroatoms. The summed E-state index contributed by atoms with van der Waals surface area (Å²) in [6.45, 7) is 3.76. The van der Waals surface area contributed by atoms with E-state index in [1.807, 2.05) is 0 Å². The van der Waals surface area contributed by atoms with Crippen LogP contribution in [0.1, 0.15) is 11.5 Å². The van der Waals surface area contributed by atoms with Crippen LogP contribution in [-0.4, -0.2) is 26.4 Å². The Morgan fingerprint density at radius 1 is 1.35 bits per heavy atom. The highest BCUT2D eigenvalue weighted by molar-refractivity contribution is 7.93.